The maximum absolute atomic E-state index is 14.1. The molecular formula is C14H19FN2O3. The molecule has 0 radical (unpaired) electrons. The topological polar surface area (TPSA) is 57.0 Å². The molecule has 6 heteroatoms. The van der Waals surface area contributed by atoms with Crippen molar-refractivity contribution >= 4 is 11.4 Å². The van der Waals surface area contributed by atoms with E-state index in [1.54, 1.807) is 6.07 Å². The van der Waals surface area contributed by atoms with Gasteiger partial charge in [-0.25, -0.2) is 4.39 Å². The van der Waals surface area contributed by atoms with E-state index in [0.29, 0.717) is 43.4 Å². The van der Waals surface area contributed by atoms with Crippen molar-refractivity contribution < 1.29 is 18.6 Å². The number of anilines is 2. The van der Waals surface area contributed by atoms with Crippen LogP contribution in [0.5, 0.6) is 5.75 Å². The molecule has 0 aliphatic carbocycles. The molecular weight excluding hydrogens is 263 g/mol. The Kier molecular flexibility index (Phi) is 3.43. The predicted octanol–water partition coefficient (Wildman–Crippen LogP) is 1.76. The van der Waals surface area contributed by atoms with Crippen LogP contribution in [0.2, 0.25) is 0 Å². The van der Waals surface area contributed by atoms with Gasteiger partial charge in [-0.1, -0.05) is 0 Å². The smallest absolute Gasteiger partial charge is 0.171 e. The second-order valence-electron chi connectivity index (χ2n) is 5.14. The molecule has 2 heterocycles. The summed E-state index contributed by atoms with van der Waals surface area (Å²) in [4.78, 5) is 1.98. The molecule has 0 unspecified atom stereocenters. The second-order valence-corrected chi connectivity index (χ2v) is 5.14. The number of nitrogens with two attached hydrogens (primary N) is 1. The summed E-state index contributed by atoms with van der Waals surface area (Å²) in [5, 5.41) is 0. The zero-order valence-electron chi connectivity index (χ0n) is 11.5. The number of benzene rings is 1. The van der Waals surface area contributed by atoms with E-state index in [-0.39, 0.29) is 5.82 Å². The van der Waals surface area contributed by atoms with Gasteiger partial charge in [0.25, 0.3) is 0 Å². The Balaban J connectivity index is 1.77. The van der Waals surface area contributed by atoms with Crippen LogP contribution in [0, 0.1) is 5.82 Å². The number of nitrogen functional groups attached to an aromatic ring is 1. The van der Waals surface area contributed by atoms with E-state index in [1.165, 1.54) is 13.2 Å². The number of halogens is 1. The first-order chi connectivity index (χ1) is 9.63. The first kappa shape index (κ1) is 13.5. The highest BCUT2D eigenvalue weighted by Gasteiger charge is 2.40. The van der Waals surface area contributed by atoms with E-state index in [0.717, 1.165) is 12.8 Å². The number of rotatable bonds is 2. The van der Waals surface area contributed by atoms with E-state index in [1.807, 2.05) is 4.90 Å². The molecule has 0 bridgehead atoms. The van der Waals surface area contributed by atoms with Crippen LogP contribution in [-0.2, 0) is 9.47 Å². The molecule has 2 fully saturated rings. The Bertz CT molecular complexity index is 493. The third-order valence-electron chi connectivity index (χ3n) is 3.98. The van der Waals surface area contributed by atoms with Crippen LogP contribution in [0.1, 0.15) is 12.8 Å². The third-order valence-corrected chi connectivity index (χ3v) is 3.98. The quantitative estimate of drug-likeness (QED) is 0.838. The second kappa shape index (κ2) is 5.10. The average molecular weight is 282 g/mol. The van der Waals surface area contributed by atoms with Gasteiger partial charge in [0.1, 0.15) is 11.6 Å². The lowest BCUT2D eigenvalue weighted by Gasteiger charge is -2.38. The molecule has 1 aromatic carbocycles. The monoisotopic (exact) mass is 282 g/mol. The number of nitrogens with zero attached hydrogens (tertiary/aromatic N) is 1. The SMILES string of the molecule is COc1cc(N2CCC3(CC2)OCCO3)c(F)cc1N. The van der Waals surface area contributed by atoms with Crippen LogP contribution in [0.3, 0.4) is 0 Å². The van der Waals surface area contributed by atoms with E-state index in [2.05, 4.69) is 0 Å². The van der Waals surface area contributed by atoms with Crippen LogP contribution in [-0.4, -0.2) is 39.2 Å². The minimum absolute atomic E-state index is 0.310. The highest BCUT2D eigenvalue weighted by molar-refractivity contribution is 5.63. The molecule has 1 aromatic rings. The van der Waals surface area contributed by atoms with Gasteiger partial charge in [-0.15, -0.1) is 0 Å². The first-order valence-corrected chi connectivity index (χ1v) is 6.79. The summed E-state index contributed by atoms with van der Waals surface area (Å²) in [6, 6.07) is 2.96. The van der Waals surface area contributed by atoms with E-state index in [9.17, 15) is 4.39 Å². The first-order valence-electron chi connectivity index (χ1n) is 6.79. The lowest BCUT2D eigenvalue weighted by Crippen LogP contribution is -2.45. The van der Waals surface area contributed by atoms with Gasteiger partial charge in [-0.05, 0) is 0 Å². The summed E-state index contributed by atoms with van der Waals surface area (Å²) in [6.45, 7) is 2.65. The lowest BCUT2D eigenvalue weighted by atomic mass is 10.0. The van der Waals surface area contributed by atoms with Gasteiger partial charge in [0, 0.05) is 38.1 Å². The van der Waals surface area contributed by atoms with Crippen LogP contribution in [0.4, 0.5) is 15.8 Å². The third kappa shape index (κ3) is 2.29. The zero-order chi connectivity index (χ0) is 14.2. The van der Waals surface area contributed by atoms with Crippen molar-refractivity contribution in [3.05, 3.63) is 17.9 Å². The van der Waals surface area contributed by atoms with Gasteiger partial charge < -0.3 is 24.8 Å². The minimum atomic E-state index is -0.454. The molecule has 5 nitrogen and oxygen atoms in total. The standard InChI is InChI=1S/C14H19FN2O3/c1-18-13-9-12(10(15)8-11(13)16)17-4-2-14(3-5-17)19-6-7-20-14/h8-9H,2-7,16H2,1H3. The van der Waals surface area contributed by atoms with Crippen molar-refractivity contribution in [3.63, 3.8) is 0 Å². The summed E-state index contributed by atoms with van der Waals surface area (Å²) in [6.07, 6.45) is 1.47. The molecule has 2 aliphatic heterocycles. The van der Waals surface area contributed by atoms with Crippen molar-refractivity contribution in [1.29, 1.82) is 0 Å². The average Bonchev–Trinajstić information content (AvgIpc) is 2.89. The number of ether oxygens (including phenoxy) is 3. The molecule has 1 spiro atoms. The molecule has 110 valence electrons. The van der Waals surface area contributed by atoms with Crippen molar-refractivity contribution in [2.24, 2.45) is 0 Å². The summed E-state index contributed by atoms with van der Waals surface area (Å²) < 4.78 is 30.6. The fraction of sp³-hybridized carbons (Fsp3) is 0.571. The van der Waals surface area contributed by atoms with E-state index in [4.69, 9.17) is 19.9 Å². The van der Waals surface area contributed by atoms with E-state index < -0.39 is 5.79 Å². The number of hydrogen-bond donors (Lipinski definition) is 1. The van der Waals surface area contributed by atoms with Crippen LogP contribution >= 0.6 is 0 Å². The van der Waals surface area contributed by atoms with Gasteiger partial charge in [0.05, 0.1) is 31.7 Å². The molecule has 0 atom stereocenters. The van der Waals surface area contributed by atoms with Crippen molar-refractivity contribution in [2.45, 2.75) is 18.6 Å². The molecule has 2 aliphatic rings. The Morgan fingerprint density at radius 3 is 2.50 bits per heavy atom. The van der Waals surface area contributed by atoms with Gasteiger partial charge in [-0.3, -0.25) is 0 Å². The predicted molar refractivity (Wildman–Crippen MR) is 73.4 cm³/mol. The molecule has 0 aromatic heterocycles. The van der Waals surface area contributed by atoms with Gasteiger partial charge >= 0.3 is 0 Å². The number of piperidine rings is 1. The van der Waals surface area contributed by atoms with Crippen molar-refractivity contribution in [3.8, 4) is 5.75 Å². The highest BCUT2D eigenvalue weighted by atomic mass is 19.1. The van der Waals surface area contributed by atoms with Gasteiger partial charge in [0.2, 0.25) is 0 Å². The van der Waals surface area contributed by atoms with Crippen molar-refractivity contribution in [2.75, 3.05) is 44.0 Å². The van der Waals surface area contributed by atoms with Crippen LogP contribution < -0.4 is 15.4 Å². The fourth-order valence-corrected chi connectivity index (χ4v) is 2.85. The molecule has 2 saturated heterocycles. The van der Waals surface area contributed by atoms with Gasteiger partial charge in [-0.2, -0.15) is 0 Å². The zero-order valence-corrected chi connectivity index (χ0v) is 11.5. The fourth-order valence-electron chi connectivity index (χ4n) is 2.85. The maximum Gasteiger partial charge on any atom is 0.171 e. The Morgan fingerprint density at radius 1 is 1.25 bits per heavy atom. The summed E-state index contributed by atoms with van der Waals surface area (Å²) in [7, 11) is 1.53. The summed E-state index contributed by atoms with van der Waals surface area (Å²) in [5.41, 5.74) is 6.53. The molecule has 2 N–H and O–H groups in total. The minimum Gasteiger partial charge on any atom is -0.495 e. The maximum atomic E-state index is 14.1. The van der Waals surface area contributed by atoms with Gasteiger partial charge in [0.15, 0.2) is 5.79 Å². The highest BCUT2D eigenvalue weighted by Crippen LogP contribution is 2.36. The Hall–Kier alpha value is -1.53. The van der Waals surface area contributed by atoms with Crippen LogP contribution in [0.25, 0.3) is 0 Å². The Labute approximate surface area is 117 Å². The normalized spacial score (nSPS) is 21.4. The van der Waals surface area contributed by atoms with Crippen molar-refractivity contribution in [1.82, 2.24) is 0 Å². The largest absolute Gasteiger partial charge is 0.495 e. The molecule has 0 amide bonds. The number of methoxy groups -OCH3 is 1. The summed E-state index contributed by atoms with van der Waals surface area (Å²) >= 11 is 0. The van der Waals surface area contributed by atoms with E-state index >= 15 is 0 Å². The lowest BCUT2D eigenvalue weighted by molar-refractivity contribution is -0.169. The summed E-state index contributed by atoms with van der Waals surface area (Å²) in [5.74, 6) is -0.284. The van der Waals surface area contributed by atoms with Crippen LogP contribution in [0.15, 0.2) is 12.1 Å². The Morgan fingerprint density at radius 2 is 1.90 bits per heavy atom. The number of hydrogen-bond acceptors (Lipinski definition) is 5. The molecule has 20 heavy (non-hydrogen) atoms. The molecule has 3 rings (SSSR count). The molecule has 0 saturated carbocycles.